The van der Waals surface area contributed by atoms with E-state index in [-0.39, 0.29) is 28.8 Å². The summed E-state index contributed by atoms with van der Waals surface area (Å²) in [6, 6.07) is 9.62. The van der Waals surface area contributed by atoms with Crippen LogP contribution in [-0.2, 0) is 16.1 Å². The van der Waals surface area contributed by atoms with Gasteiger partial charge in [0.15, 0.2) is 6.61 Å². The van der Waals surface area contributed by atoms with Crippen LogP contribution < -0.4 is 10.5 Å². The van der Waals surface area contributed by atoms with Crippen LogP contribution in [0.25, 0.3) is 6.08 Å². The number of nitrogens with zero attached hydrogens (tertiary/aromatic N) is 1. The van der Waals surface area contributed by atoms with Crippen molar-refractivity contribution in [3.63, 3.8) is 0 Å². The van der Waals surface area contributed by atoms with Crippen molar-refractivity contribution in [1.82, 2.24) is 4.90 Å². The lowest BCUT2D eigenvalue weighted by atomic mass is 10.2. The van der Waals surface area contributed by atoms with Crippen LogP contribution in [0.2, 0.25) is 15.1 Å². The number of carbonyl (C=O) groups is 3. The molecule has 0 radical (unpaired) electrons. The predicted molar refractivity (Wildman–Crippen MR) is 114 cm³/mol. The Morgan fingerprint density at radius 2 is 1.86 bits per heavy atom. The number of rotatable bonds is 6. The first-order valence-electron chi connectivity index (χ1n) is 8.14. The normalized spacial score (nSPS) is 15.3. The molecule has 0 atom stereocenters. The Morgan fingerprint density at radius 1 is 1.10 bits per heavy atom. The smallest absolute Gasteiger partial charge is 0.293 e. The Kier molecular flexibility index (Phi) is 6.74. The summed E-state index contributed by atoms with van der Waals surface area (Å²) in [5.41, 5.74) is 6.24. The van der Waals surface area contributed by atoms with E-state index in [9.17, 15) is 14.4 Å². The summed E-state index contributed by atoms with van der Waals surface area (Å²) >= 11 is 19.0. The number of hydrogen-bond donors (Lipinski definition) is 1. The molecule has 2 aromatic carbocycles. The zero-order valence-corrected chi connectivity index (χ0v) is 17.7. The second kappa shape index (κ2) is 9.09. The van der Waals surface area contributed by atoms with Gasteiger partial charge in [-0.25, -0.2) is 0 Å². The third kappa shape index (κ3) is 5.25. The summed E-state index contributed by atoms with van der Waals surface area (Å²) in [6.45, 7) is -0.260. The lowest BCUT2D eigenvalue weighted by Gasteiger charge is -2.13. The van der Waals surface area contributed by atoms with E-state index in [0.29, 0.717) is 21.2 Å². The highest BCUT2D eigenvalue weighted by Gasteiger charge is 2.35. The van der Waals surface area contributed by atoms with E-state index in [2.05, 4.69) is 0 Å². The molecule has 0 saturated carbocycles. The van der Waals surface area contributed by atoms with Crippen LogP contribution in [0.15, 0.2) is 41.3 Å². The average molecular weight is 472 g/mol. The molecule has 2 aromatic rings. The number of imide groups is 1. The Labute approximate surface area is 185 Å². The second-order valence-corrected chi connectivity index (χ2v) is 8.19. The Balaban J connectivity index is 1.77. The zero-order chi connectivity index (χ0) is 21.1. The summed E-state index contributed by atoms with van der Waals surface area (Å²) in [7, 11) is 0. The van der Waals surface area contributed by atoms with Crippen LogP contribution in [-0.4, -0.2) is 28.6 Å². The van der Waals surface area contributed by atoms with Gasteiger partial charge in [0.05, 0.1) is 16.5 Å². The van der Waals surface area contributed by atoms with E-state index < -0.39 is 17.1 Å². The standard InChI is InChI=1S/C19H13Cl3N2O4S/c20-12-3-2-11(13(21)7-12)8-24-18(26)16(29-19(24)27)6-10-1-4-15(14(22)5-10)28-9-17(23)25/h1-7H,8-9H2,(H2,23,25)/b16-6-. The summed E-state index contributed by atoms with van der Waals surface area (Å²) in [5.74, 6) is -0.774. The molecule has 0 unspecified atom stereocenters. The van der Waals surface area contributed by atoms with Crippen molar-refractivity contribution in [2.75, 3.05) is 6.61 Å². The first kappa shape index (κ1) is 21.5. The fraction of sp³-hybridized carbons (Fsp3) is 0.105. The van der Waals surface area contributed by atoms with Crippen molar-refractivity contribution in [3.8, 4) is 5.75 Å². The lowest BCUT2D eigenvalue weighted by molar-refractivity contribution is -0.123. The summed E-state index contributed by atoms with van der Waals surface area (Å²) in [5, 5.41) is 0.679. The maximum absolute atomic E-state index is 12.7. The van der Waals surface area contributed by atoms with E-state index in [1.54, 1.807) is 42.5 Å². The number of thioether (sulfide) groups is 1. The van der Waals surface area contributed by atoms with Crippen LogP contribution in [0.5, 0.6) is 5.75 Å². The molecule has 1 heterocycles. The van der Waals surface area contributed by atoms with Gasteiger partial charge in [0.25, 0.3) is 17.1 Å². The van der Waals surface area contributed by atoms with Crippen molar-refractivity contribution in [3.05, 3.63) is 67.5 Å². The maximum Gasteiger partial charge on any atom is 0.293 e. The number of ether oxygens (including phenoxy) is 1. The first-order valence-corrected chi connectivity index (χ1v) is 10.1. The molecule has 3 rings (SSSR count). The average Bonchev–Trinajstić information content (AvgIpc) is 2.90. The fourth-order valence-electron chi connectivity index (χ4n) is 2.48. The molecule has 0 bridgehead atoms. The monoisotopic (exact) mass is 470 g/mol. The molecular formula is C19H13Cl3N2O4S. The molecule has 0 spiro atoms. The van der Waals surface area contributed by atoms with Crippen molar-refractivity contribution < 1.29 is 19.1 Å². The van der Waals surface area contributed by atoms with Gasteiger partial charge in [-0.1, -0.05) is 46.9 Å². The SMILES string of the molecule is NC(=O)COc1ccc(/C=C2\SC(=O)N(Cc3ccc(Cl)cc3Cl)C2=O)cc1Cl. The van der Waals surface area contributed by atoms with Crippen LogP contribution in [0, 0.1) is 0 Å². The van der Waals surface area contributed by atoms with Crippen LogP contribution in [0.3, 0.4) is 0 Å². The van der Waals surface area contributed by atoms with E-state index in [1.165, 1.54) is 0 Å². The molecule has 1 aliphatic rings. The van der Waals surface area contributed by atoms with E-state index in [0.717, 1.165) is 16.7 Å². The molecule has 150 valence electrons. The van der Waals surface area contributed by atoms with Gasteiger partial charge in [-0.3, -0.25) is 19.3 Å². The fourth-order valence-corrected chi connectivity index (χ4v) is 4.03. The second-order valence-electron chi connectivity index (χ2n) is 5.95. The number of halogens is 3. The van der Waals surface area contributed by atoms with E-state index in [4.69, 9.17) is 45.3 Å². The van der Waals surface area contributed by atoms with E-state index in [1.807, 2.05) is 0 Å². The maximum atomic E-state index is 12.7. The van der Waals surface area contributed by atoms with Crippen molar-refractivity contribution in [2.45, 2.75) is 6.54 Å². The highest BCUT2D eigenvalue weighted by molar-refractivity contribution is 8.18. The summed E-state index contributed by atoms with van der Waals surface area (Å²) < 4.78 is 5.18. The third-order valence-corrected chi connectivity index (χ3v) is 5.63. The minimum absolute atomic E-state index is 0.0403. The highest BCUT2D eigenvalue weighted by Crippen LogP contribution is 2.35. The van der Waals surface area contributed by atoms with Gasteiger partial charge < -0.3 is 10.5 Å². The number of benzene rings is 2. The molecular weight excluding hydrogens is 459 g/mol. The van der Waals surface area contributed by atoms with Gasteiger partial charge in [0, 0.05) is 10.0 Å². The minimum atomic E-state index is -0.625. The lowest BCUT2D eigenvalue weighted by Crippen LogP contribution is -2.27. The number of primary amides is 1. The third-order valence-electron chi connectivity index (χ3n) is 3.84. The van der Waals surface area contributed by atoms with Crippen LogP contribution in [0.4, 0.5) is 4.79 Å². The van der Waals surface area contributed by atoms with Gasteiger partial charge in [0.2, 0.25) is 0 Å². The molecule has 10 heteroatoms. The summed E-state index contributed by atoms with van der Waals surface area (Å²) in [6.07, 6.45) is 1.55. The minimum Gasteiger partial charge on any atom is -0.482 e. The Morgan fingerprint density at radius 3 is 2.52 bits per heavy atom. The van der Waals surface area contributed by atoms with Gasteiger partial charge in [-0.15, -0.1) is 0 Å². The molecule has 0 aromatic heterocycles. The van der Waals surface area contributed by atoms with Crippen molar-refractivity contribution in [2.24, 2.45) is 5.73 Å². The van der Waals surface area contributed by atoms with Crippen molar-refractivity contribution >= 4 is 69.7 Å². The molecule has 1 aliphatic heterocycles. The van der Waals surface area contributed by atoms with Crippen LogP contribution >= 0.6 is 46.6 Å². The topological polar surface area (TPSA) is 89.7 Å². The Bertz CT molecular complexity index is 1040. The molecule has 3 amide bonds. The number of hydrogen-bond acceptors (Lipinski definition) is 5. The van der Waals surface area contributed by atoms with Gasteiger partial charge in [0.1, 0.15) is 5.75 Å². The van der Waals surface area contributed by atoms with E-state index >= 15 is 0 Å². The predicted octanol–water partition coefficient (Wildman–Crippen LogP) is 4.75. The molecule has 6 nitrogen and oxygen atoms in total. The van der Waals surface area contributed by atoms with Crippen molar-refractivity contribution in [1.29, 1.82) is 0 Å². The zero-order valence-electron chi connectivity index (χ0n) is 14.7. The summed E-state index contributed by atoms with van der Waals surface area (Å²) in [4.78, 5) is 37.1. The molecule has 29 heavy (non-hydrogen) atoms. The number of amides is 3. The largest absolute Gasteiger partial charge is 0.482 e. The Hall–Kier alpha value is -2.19. The molecule has 2 N–H and O–H groups in total. The molecule has 1 saturated heterocycles. The number of nitrogens with two attached hydrogens (primary N) is 1. The molecule has 0 aliphatic carbocycles. The first-order chi connectivity index (χ1) is 13.7. The molecule has 1 fully saturated rings. The number of carbonyl (C=O) groups excluding carboxylic acids is 3. The highest BCUT2D eigenvalue weighted by atomic mass is 35.5. The van der Waals surface area contributed by atoms with Gasteiger partial charge in [-0.2, -0.15) is 0 Å². The van der Waals surface area contributed by atoms with Gasteiger partial charge >= 0.3 is 0 Å². The van der Waals surface area contributed by atoms with Crippen LogP contribution in [0.1, 0.15) is 11.1 Å². The quantitative estimate of drug-likeness (QED) is 0.614. The van der Waals surface area contributed by atoms with Gasteiger partial charge in [-0.05, 0) is 53.2 Å².